The number of rotatable bonds is 4. The Labute approximate surface area is 170 Å². The average molecular weight is 505 g/mol. The number of hydrogen-bond donors (Lipinski definition) is 1. The van der Waals surface area contributed by atoms with Crippen molar-refractivity contribution < 1.29 is 22.3 Å². The highest BCUT2D eigenvalue weighted by Gasteiger charge is 2.48. The van der Waals surface area contributed by atoms with Crippen LogP contribution in [-0.2, 0) is 26.8 Å². The Morgan fingerprint density at radius 1 is 1.37 bits per heavy atom. The molecule has 1 unspecified atom stereocenters. The molecule has 0 bridgehead atoms. The summed E-state index contributed by atoms with van der Waals surface area (Å²) in [7, 11) is -0.631. The third kappa shape index (κ3) is 3.47. The van der Waals surface area contributed by atoms with Crippen LogP contribution in [0.5, 0.6) is 5.88 Å². The average Bonchev–Trinajstić information content (AvgIpc) is 2.98. The molecule has 2 aromatic rings. The molecule has 3 rings (SSSR count). The summed E-state index contributed by atoms with van der Waals surface area (Å²) in [5.41, 5.74) is -0.254. The molecule has 1 aromatic carbocycles. The number of likely N-dealkylation sites (N-methyl/N-ethyl adjacent to an activating group) is 1. The summed E-state index contributed by atoms with van der Waals surface area (Å²) in [6.07, 6.45) is 1.27. The molecule has 1 N–H and O–H groups in total. The van der Waals surface area contributed by atoms with Gasteiger partial charge in [0.1, 0.15) is 5.82 Å². The highest BCUT2D eigenvalue weighted by molar-refractivity contribution is 14.1. The van der Waals surface area contributed by atoms with E-state index in [4.69, 9.17) is 4.74 Å². The number of carbonyl (C=O) groups is 1. The molecule has 0 radical (unpaired) electrons. The van der Waals surface area contributed by atoms with Crippen molar-refractivity contribution in [2.45, 2.75) is 12.0 Å². The summed E-state index contributed by atoms with van der Waals surface area (Å²) >= 11 is 1.99. The quantitative estimate of drug-likeness (QED) is 0.641. The Bertz CT molecular complexity index is 1010. The van der Waals surface area contributed by atoms with Gasteiger partial charge in [-0.1, -0.05) is 12.1 Å². The monoisotopic (exact) mass is 505 g/mol. The van der Waals surface area contributed by atoms with Crippen LogP contribution < -0.4 is 14.4 Å². The summed E-state index contributed by atoms with van der Waals surface area (Å²) in [4.78, 5) is 17.0. The first-order valence-electron chi connectivity index (χ1n) is 7.89. The van der Waals surface area contributed by atoms with E-state index in [1.54, 1.807) is 6.07 Å². The molecule has 7 nitrogen and oxygen atoms in total. The van der Waals surface area contributed by atoms with Crippen molar-refractivity contribution in [1.29, 1.82) is 0 Å². The number of pyridine rings is 1. The number of benzene rings is 1. The smallest absolute Gasteiger partial charge is 0.269 e. The number of halogens is 2. The molecular weight excluding hydrogens is 488 g/mol. The number of hydrogen-bond acceptors (Lipinski definition) is 5. The van der Waals surface area contributed by atoms with Gasteiger partial charge in [-0.05, 0) is 40.8 Å². The maximum Gasteiger partial charge on any atom is 0.269 e. The molecule has 0 spiro atoms. The van der Waals surface area contributed by atoms with Crippen molar-refractivity contribution in [3.8, 4) is 5.88 Å². The number of amides is 1. The lowest BCUT2D eigenvalue weighted by atomic mass is 9.88. The third-order valence-electron chi connectivity index (χ3n) is 4.41. The van der Waals surface area contributed by atoms with Gasteiger partial charge in [0, 0.05) is 31.6 Å². The van der Waals surface area contributed by atoms with Crippen LogP contribution in [0.1, 0.15) is 11.1 Å². The van der Waals surface area contributed by atoms with Gasteiger partial charge in [0.15, 0.2) is 5.82 Å². The van der Waals surface area contributed by atoms with Crippen molar-refractivity contribution >= 4 is 44.3 Å². The first-order chi connectivity index (χ1) is 12.6. The van der Waals surface area contributed by atoms with Gasteiger partial charge in [-0.15, -0.1) is 0 Å². The van der Waals surface area contributed by atoms with Gasteiger partial charge >= 0.3 is 0 Å². The summed E-state index contributed by atoms with van der Waals surface area (Å²) in [5.74, 6) is -0.441. The van der Waals surface area contributed by atoms with E-state index in [-0.39, 0.29) is 18.1 Å². The molecule has 1 aliphatic rings. The lowest BCUT2D eigenvalue weighted by Crippen LogP contribution is -2.46. The van der Waals surface area contributed by atoms with Gasteiger partial charge in [0.2, 0.25) is 21.5 Å². The molecular formula is C17H17FIN3O4S. The number of nitrogens with zero attached hydrogens (tertiary/aromatic N) is 2. The molecule has 1 aromatic heterocycles. The summed E-state index contributed by atoms with van der Waals surface area (Å²) in [6.45, 7) is 0. The predicted octanol–water partition coefficient (Wildman–Crippen LogP) is 1.80. The first kappa shape index (κ1) is 19.8. The lowest BCUT2D eigenvalue weighted by Gasteiger charge is -2.27. The number of fused-ring (bicyclic) bond motifs is 1. The first-order valence-corrected chi connectivity index (χ1v) is 10.8. The van der Waals surface area contributed by atoms with E-state index in [0.29, 0.717) is 14.7 Å². The van der Waals surface area contributed by atoms with Gasteiger partial charge in [-0.3, -0.25) is 9.10 Å². The van der Waals surface area contributed by atoms with Gasteiger partial charge in [0.25, 0.3) is 5.91 Å². The van der Waals surface area contributed by atoms with Crippen LogP contribution in [0.15, 0.2) is 30.3 Å². The zero-order chi connectivity index (χ0) is 20.0. The highest BCUT2D eigenvalue weighted by Crippen LogP contribution is 2.43. The molecule has 1 atom stereocenters. The lowest BCUT2D eigenvalue weighted by molar-refractivity contribution is -0.136. The van der Waals surface area contributed by atoms with Crippen LogP contribution in [0.2, 0.25) is 0 Å². The highest BCUT2D eigenvalue weighted by atomic mass is 127. The molecule has 0 fully saturated rings. The van der Waals surface area contributed by atoms with Crippen LogP contribution in [0.25, 0.3) is 0 Å². The molecule has 2 heterocycles. The predicted molar refractivity (Wildman–Crippen MR) is 107 cm³/mol. The van der Waals surface area contributed by atoms with E-state index in [9.17, 15) is 17.6 Å². The van der Waals surface area contributed by atoms with Crippen molar-refractivity contribution in [3.05, 3.63) is 50.8 Å². The van der Waals surface area contributed by atoms with E-state index in [0.717, 1.165) is 10.6 Å². The van der Waals surface area contributed by atoms with Crippen LogP contribution in [0.3, 0.4) is 0 Å². The van der Waals surface area contributed by atoms with Crippen molar-refractivity contribution in [2.75, 3.05) is 24.7 Å². The Morgan fingerprint density at radius 3 is 2.56 bits per heavy atom. The number of nitrogens with one attached hydrogen (secondary N) is 1. The molecule has 1 aliphatic heterocycles. The second-order valence-corrected chi connectivity index (χ2v) is 9.36. The zero-order valence-corrected chi connectivity index (χ0v) is 17.8. The maximum atomic E-state index is 13.3. The number of sulfonamides is 1. The minimum absolute atomic E-state index is 0.175. The fourth-order valence-corrected chi connectivity index (χ4v) is 4.38. The van der Waals surface area contributed by atoms with E-state index in [2.05, 4.69) is 10.3 Å². The molecule has 0 aliphatic carbocycles. The maximum absolute atomic E-state index is 13.3. The normalized spacial score (nSPS) is 18.6. The Balaban J connectivity index is 2.10. The minimum Gasteiger partial charge on any atom is -0.455 e. The molecule has 0 saturated carbocycles. The Kier molecular flexibility index (Phi) is 5.06. The third-order valence-corrected chi connectivity index (χ3v) is 6.37. The zero-order valence-electron chi connectivity index (χ0n) is 14.8. The number of carbonyl (C=O) groups excluding carboxylic acids is 1. The molecule has 10 heteroatoms. The van der Waals surface area contributed by atoms with E-state index >= 15 is 0 Å². The molecule has 0 saturated heterocycles. The van der Waals surface area contributed by atoms with Gasteiger partial charge < -0.3 is 10.1 Å². The Morgan fingerprint density at radius 2 is 2.00 bits per heavy atom. The van der Waals surface area contributed by atoms with Crippen LogP contribution in [0.4, 0.5) is 10.2 Å². The fraction of sp³-hybridized carbons (Fsp3) is 0.294. The summed E-state index contributed by atoms with van der Waals surface area (Å²) in [6, 6.07) is 7.24. The van der Waals surface area contributed by atoms with Gasteiger partial charge in [-0.2, -0.15) is 4.98 Å². The SMILES string of the molecule is CNC(=O)C1(c2ccc(F)cc2)Cc2cc(I)c(N(C)S(C)(=O)=O)nc2O1. The topological polar surface area (TPSA) is 88.6 Å². The van der Waals surface area contributed by atoms with Crippen LogP contribution in [0, 0.1) is 9.39 Å². The number of ether oxygens (including phenoxy) is 1. The fourth-order valence-electron chi connectivity index (χ4n) is 2.90. The Hall–Kier alpha value is -1.95. The second-order valence-electron chi connectivity index (χ2n) is 6.18. The second kappa shape index (κ2) is 6.89. The summed E-state index contributed by atoms with van der Waals surface area (Å²) < 4.78 is 44.7. The largest absolute Gasteiger partial charge is 0.455 e. The van der Waals surface area contributed by atoms with Gasteiger partial charge in [-0.25, -0.2) is 12.8 Å². The van der Waals surface area contributed by atoms with Crippen molar-refractivity contribution in [2.24, 2.45) is 0 Å². The molecule has 144 valence electrons. The minimum atomic E-state index is -3.51. The van der Waals surface area contributed by atoms with E-state index in [1.807, 2.05) is 22.6 Å². The molecule has 1 amide bonds. The van der Waals surface area contributed by atoms with Crippen LogP contribution in [-0.4, -0.2) is 39.7 Å². The number of aromatic nitrogens is 1. The van der Waals surface area contributed by atoms with E-state index in [1.165, 1.54) is 38.4 Å². The summed E-state index contributed by atoms with van der Waals surface area (Å²) in [5, 5.41) is 2.58. The molecule has 27 heavy (non-hydrogen) atoms. The van der Waals surface area contributed by atoms with Crippen LogP contribution >= 0.6 is 22.6 Å². The van der Waals surface area contributed by atoms with E-state index < -0.39 is 27.3 Å². The van der Waals surface area contributed by atoms with Crippen molar-refractivity contribution in [3.63, 3.8) is 0 Å². The number of anilines is 1. The van der Waals surface area contributed by atoms with Gasteiger partial charge in [0.05, 0.1) is 9.83 Å². The standard InChI is InChI=1S/C17H17FIN3O4S/c1-20-16(23)17(11-4-6-12(18)7-5-11)9-10-8-13(19)14(21-15(10)26-17)22(2)27(3,24)25/h4-8H,9H2,1-3H3,(H,20,23). The van der Waals surface area contributed by atoms with Crippen molar-refractivity contribution in [1.82, 2.24) is 10.3 Å².